The summed E-state index contributed by atoms with van der Waals surface area (Å²) in [6.07, 6.45) is 3.02. The van der Waals surface area contributed by atoms with Crippen molar-refractivity contribution in [2.45, 2.75) is 13.0 Å². The maximum absolute atomic E-state index is 12.0. The quantitative estimate of drug-likeness (QED) is 0.911. The summed E-state index contributed by atoms with van der Waals surface area (Å²) in [5, 5.41) is 5.90. The Kier molecular flexibility index (Phi) is 4.90. The van der Waals surface area contributed by atoms with E-state index in [1.165, 1.54) is 6.20 Å². The molecule has 0 aliphatic carbocycles. The van der Waals surface area contributed by atoms with Crippen molar-refractivity contribution in [1.82, 2.24) is 10.3 Å². The maximum atomic E-state index is 12.0. The first-order chi connectivity index (χ1) is 10.1. The van der Waals surface area contributed by atoms with E-state index >= 15 is 0 Å². The Labute approximate surface area is 127 Å². The van der Waals surface area contributed by atoms with Crippen molar-refractivity contribution < 1.29 is 9.59 Å². The minimum Gasteiger partial charge on any atom is -0.340 e. The van der Waals surface area contributed by atoms with Gasteiger partial charge in [-0.25, -0.2) is 0 Å². The van der Waals surface area contributed by atoms with E-state index in [4.69, 9.17) is 11.6 Å². The SMILES string of the molecule is C[C@H](NC(=O)c1cccnc1)C(=O)Nc1ccc(Cl)cc1. The van der Waals surface area contributed by atoms with Crippen LogP contribution < -0.4 is 10.6 Å². The molecule has 0 bridgehead atoms. The van der Waals surface area contributed by atoms with Crippen molar-refractivity contribution in [3.05, 3.63) is 59.4 Å². The Morgan fingerprint density at radius 3 is 2.52 bits per heavy atom. The third kappa shape index (κ3) is 4.29. The highest BCUT2D eigenvalue weighted by atomic mass is 35.5. The van der Waals surface area contributed by atoms with E-state index in [2.05, 4.69) is 15.6 Å². The third-order valence-electron chi connectivity index (χ3n) is 2.78. The zero-order chi connectivity index (χ0) is 15.2. The number of pyridine rings is 1. The maximum Gasteiger partial charge on any atom is 0.253 e. The first kappa shape index (κ1) is 15.0. The molecular formula is C15H14ClN3O2. The Bertz CT molecular complexity index is 629. The van der Waals surface area contributed by atoms with Crippen molar-refractivity contribution in [2.24, 2.45) is 0 Å². The molecule has 0 unspecified atom stereocenters. The summed E-state index contributed by atoms with van der Waals surface area (Å²) in [5.74, 6) is -0.656. The van der Waals surface area contributed by atoms with Crippen molar-refractivity contribution in [3.8, 4) is 0 Å². The number of halogens is 1. The molecule has 2 N–H and O–H groups in total. The number of carbonyl (C=O) groups excluding carboxylic acids is 2. The molecule has 0 aliphatic heterocycles. The van der Waals surface area contributed by atoms with Gasteiger partial charge in [0.05, 0.1) is 5.56 Å². The number of nitrogens with one attached hydrogen (secondary N) is 2. The number of carbonyl (C=O) groups is 2. The van der Waals surface area contributed by atoms with Gasteiger partial charge in [0.25, 0.3) is 5.91 Å². The Balaban J connectivity index is 1.93. The molecule has 1 atom stereocenters. The lowest BCUT2D eigenvalue weighted by Gasteiger charge is -2.14. The van der Waals surface area contributed by atoms with E-state index in [1.54, 1.807) is 49.5 Å². The number of aromatic nitrogens is 1. The van der Waals surface area contributed by atoms with E-state index in [0.717, 1.165) is 0 Å². The number of rotatable bonds is 4. The molecule has 108 valence electrons. The molecule has 1 aromatic heterocycles. The highest BCUT2D eigenvalue weighted by molar-refractivity contribution is 6.30. The lowest BCUT2D eigenvalue weighted by Crippen LogP contribution is -2.41. The minimum atomic E-state index is -0.673. The zero-order valence-electron chi connectivity index (χ0n) is 11.3. The van der Waals surface area contributed by atoms with Gasteiger partial charge in [0, 0.05) is 23.1 Å². The molecule has 5 nitrogen and oxygen atoms in total. The molecule has 0 saturated heterocycles. The van der Waals surface area contributed by atoms with Gasteiger partial charge in [0.15, 0.2) is 0 Å². The lowest BCUT2D eigenvalue weighted by molar-refractivity contribution is -0.117. The highest BCUT2D eigenvalue weighted by Gasteiger charge is 2.16. The van der Waals surface area contributed by atoms with Crippen LogP contribution in [0.15, 0.2) is 48.8 Å². The predicted molar refractivity (Wildman–Crippen MR) is 81.2 cm³/mol. The number of hydrogen-bond donors (Lipinski definition) is 2. The van der Waals surface area contributed by atoms with Gasteiger partial charge < -0.3 is 10.6 Å². The Morgan fingerprint density at radius 2 is 1.90 bits per heavy atom. The smallest absolute Gasteiger partial charge is 0.253 e. The average Bonchev–Trinajstić information content (AvgIpc) is 2.50. The number of hydrogen-bond acceptors (Lipinski definition) is 3. The molecule has 6 heteroatoms. The van der Waals surface area contributed by atoms with E-state index < -0.39 is 6.04 Å². The van der Waals surface area contributed by atoms with Crippen molar-refractivity contribution in [3.63, 3.8) is 0 Å². The van der Waals surface area contributed by atoms with Crippen LogP contribution in [0.25, 0.3) is 0 Å². The van der Waals surface area contributed by atoms with Crippen LogP contribution >= 0.6 is 11.6 Å². The van der Waals surface area contributed by atoms with Gasteiger partial charge >= 0.3 is 0 Å². The van der Waals surface area contributed by atoms with Gasteiger partial charge in [-0.1, -0.05) is 11.6 Å². The second kappa shape index (κ2) is 6.85. The fourth-order valence-electron chi connectivity index (χ4n) is 1.63. The van der Waals surface area contributed by atoms with E-state index in [9.17, 15) is 9.59 Å². The molecule has 1 heterocycles. The Morgan fingerprint density at radius 1 is 1.19 bits per heavy atom. The van der Waals surface area contributed by atoms with Gasteiger partial charge in [-0.15, -0.1) is 0 Å². The van der Waals surface area contributed by atoms with Gasteiger partial charge in [-0.3, -0.25) is 14.6 Å². The predicted octanol–water partition coefficient (Wildman–Crippen LogP) is 2.49. The van der Waals surface area contributed by atoms with Gasteiger partial charge in [0.2, 0.25) is 5.91 Å². The molecule has 1 aromatic carbocycles. The molecule has 0 saturated carbocycles. The minimum absolute atomic E-state index is 0.311. The van der Waals surface area contributed by atoms with Crippen LogP contribution in [0.2, 0.25) is 5.02 Å². The van der Waals surface area contributed by atoms with Gasteiger partial charge in [0.1, 0.15) is 6.04 Å². The summed E-state index contributed by atoms with van der Waals surface area (Å²) in [7, 11) is 0. The van der Waals surface area contributed by atoms with Crippen LogP contribution in [-0.2, 0) is 4.79 Å². The average molecular weight is 304 g/mol. The molecule has 0 spiro atoms. The first-order valence-corrected chi connectivity index (χ1v) is 6.71. The molecule has 21 heavy (non-hydrogen) atoms. The zero-order valence-corrected chi connectivity index (χ0v) is 12.1. The fraction of sp³-hybridized carbons (Fsp3) is 0.133. The fourth-order valence-corrected chi connectivity index (χ4v) is 1.75. The normalized spacial score (nSPS) is 11.5. The van der Waals surface area contributed by atoms with Crippen LogP contribution in [0.4, 0.5) is 5.69 Å². The number of benzene rings is 1. The molecule has 0 radical (unpaired) electrons. The molecule has 2 amide bonds. The number of anilines is 1. The summed E-state index contributed by atoms with van der Waals surface area (Å²) in [5.41, 5.74) is 1.02. The Hall–Kier alpha value is -2.40. The molecule has 0 aliphatic rings. The molecular weight excluding hydrogens is 290 g/mol. The van der Waals surface area contributed by atoms with Crippen molar-refractivity contribution in [1.29, 1.82) is 0 Å². The molecule has 2 aromatic rings. The summed E-state index contributed by atoms with van der Waals surface area (Å²) in [4.78, 5) is 27.8. The first-order valence-electron chi connectivity index (χ1n) is 6.33. The van der Waals surface area contributed by atoms with Crippen LogP contribution in [0, 0.1) is 0 Å². The second-order valence-corrected chi connectivity index (χ2v) is 4.87. The van der Waals surface area contributed by atoms with Crippen LogP contribution in [0.1, 0.15) is 17.3 Å². The van der Waals surface area contributed by atoms with Crippen molar-refractivity contribution in [2.75, 3.05) is 5.32 Å². The summed E-state index contributed by atoms with van der Waals surface area (Å²) in [6, 6.07) is 9.35. The van der Waals surface area contributed by atoms with E-state index in [-0.39, 0.29) is 11.8 Å². The van der Waals surface area contributed by atoms with Crippen LogP contribution in [0.5, 0.6) is 0 Å². The topological polar surface area (TPSA) is 71.1 Å². The van der Waals surface area contributed by atoms with Crippen molar-refractivity contribution >= 4 is 29.1 Å². The molecule has 0 fully saturated rings. The summed E-state index contributed by atoms with van der Waals surface area (Å²) in [6.45, 7) is 1.61. The third-order valence-corrected chi connectivity index (χ3v) is 3.03. The van der Waals surface area contributed by atoms with Gasteiger partial charge in [-0.05, 0) is 43.3 Å². The second-order valence-electron chi connectivity index (χ2n) is 4.43. The van der Waals surface area contributed by atoms with Gasteiger partial charge in [-0.2, -0.15) is 0 Å². The largest absolute Gasteiger partial charge is 0.340 e. The standard InChI is InChI=1S/C15H14ClN3O2/c1-10(18-15(21)11-3-2-8-17-9-11)14(20)19-13-6-4-12(16)5-7-13/h2-10H,1H3,(H,18,21)(H,19,20)/t10-/m0/s1. The molecule has 2 rings (SSSR count). The van der Waals surface area contributed by atoms with E-state index in [0.29, 0.717) is 16.3 Å². The number of nitrogens with zero attached hydrogens (tertiary/aromatic N) is 1. The summed E-state index contributed by atoms with van der Waals surface area (Å²) >= 11 is 5.77. The monoisotopic (exact) mass is 303 g/mol. The summed E-state index contributed by atoms with van der Waals surface area (Å²) < 4.78 is 0. The van der Waals surface area contributed by atoms with Crippen LogP contribution in [0.3, 0.4) is 0 Å². The lowest BCUT2D eigenvalue weighted by atomic mass is 10.2. The number of amides is 2. The highest BCUT2D eigenvalue weighted by Crippen LogP contribution is 2.13. The van der Waals surface area contributed by atoms with Crippen LogP contribution in [-0.4, -0.2) is 22.8 Å². The van der Waals surface area contributed by atoms with E-state index in [1.807, 2.05) is 0 Å².